The van der Waals surface area contributed by atoms with E-state index >= 15 is 0 Å². The molecule has 0 saturated carbocycles. The minimum Gasteiger partial charge on any atom is -0.420 e. The van der Waals surface area contributed by atoms with E-state index in [0.717, 1.165) is 49.1 Å². The van der Waals surface area contributed by atoms with Crippen LogP contribution in [0.15, 0.2) is 34.3 Å². The largest absolute Gasteiger partial charge is 0.420 e. The van der Waals surface area contributed by atoms with E-state index in [-0.39, 0.29) is 0 Å². The Kier molecular flexibility index (Phi) is 10.9. The number of hydrogen-bond donors (Lipinski definition) is 0. The Morgan fingerprint density at radius 3 is 1.59 bits per heavy atom. The molecule has 0 aromatic heterocycles. The molecule has 1 rings (SSSR count). The van der Waals surface area contributed by atoms with E-state index in [9.17, 15) is 0 Å². The van der Waals surface area contributed by atoms with Gasteiger partial charge in [0.2, 0.25) is 0 Å². The third-order valence-corrected chi connectivity index (χ3v) is 10.5. The van der Waals surface area contributed by atoms with E-state index in [4.69, 9.17) is 13.3 Å². The van der Waals surface area contributed by atoms with Gasteiger partial charge in [0.1, 0.15) is 0 Å². The van der Waals surface area contributed by atoms with Crippen molar-refractivity contribution in [1.29, 1.82) is 0 Å². The Hall–Kier alpha value is -1.13. The third-order valence-electron chi connectivity index (χ3n) is 4.82. The van der Waals surface area contributed by atoms with Crippen LogP contribution in [0.5, 0.6) is 0 Å². The summed E-state index contributed by atoms with van der Waals surface area (Å²) in [6.07, 6.45) is 5.94. The van der Waals surface area contributed by atoms with E-state index in [1.165, 1.54) is 0 Å². The second-order valence-corrected chi connectivity index (χ2v) is 15.5. The van der Waals surface area contributed by atoms with Crippen LogP contribution in [0.25, 0.3) is 0 Å². The molecule has 27 heavy (non-hydrogen) atoms. The number of benzene rings is 1. The predicted molar refractivity (Wildman–Crippen MR) is 120 cm³/mol. The van der Waals surface area contributed by atoms with Crippen molar-refractivity contribution in [2.45, 2.75) is 44.6 Å². The Morgan fingerprint density at radius 1 is 0.741 bits per heavy atom. The van der Waals surface area contributed by atoms with Gasteiger partial charge in [-0.05, 0) is 55.7 Å². The Bertz CT molecular complexity index is 585. The molecule has 7 heteroatoms. The summed E-state index contributed by atoms with van der Waals surface area (Å²) >= 11 is 0. The zero-order valence-electron chi connectivity index (χ0n) is 17.8. The van der Waals surface area contributed by atoms with Crippen molar-refractivity contribution in [3.8, 4) is 0 Å². The van der Waals surface area contributed by atoms with E-state index in [0.29, 0.717) is 0 Å². The maximum atomic E-state index is 5.56. The van der Waals surface area contributed by atoms with Crippen molar-refractivity contribution < 1.29 is 13.3 Å². The van der Waals surface area contributed by atoms with Gasteiger partial charge in [-0.25, -0.2) is 0 Å². The lowest BCUT2D eigenvalue weighted by molar-refractivity contribution is 0.249. The van der Waals surface area contributed by atoms with Gasteiger partial charge in [0.25, 0.3) is 0 Å². The lowest BCUT2D eigenvalue weighted by atomic mass is 10.1. The van der Waals surface area contributed by atoms with E-state index in [1.54, 1.807) is 14.2 Å². The van der Waals surface area contributed by atoms with E-state index in [1.807, 2.05) is 19.5 Å². The fourth-order valence-electron chi connectivity index (χ4n) is 2.49. The van der Waals surface area contributed by atoms with Gasteiger partial charge in [-0.2, -0.15) is 0 Å². The molecule has 0 amide bonds. The van der Waals surface area contributed by atoms with Crippen LogP contribution in [0.4, 0.5) is 0 Å². The van der Waals surface area contributed by atoms with Crippen molar-refractivity contribution in [2.24, 2.45) is 9.98 Å². The van der Waals surface area contributed by atoms with Gasteiger partial charge in [0, 0.05) is 46.8 Å². The molecule has 0 N–H and O–H groups in total. The highest BCUT2D eigenvalue weighted by Crippen LogP contribution is 2.14. The molecular weight excluding hydrogens is 372 g/mol. The molecule has 0 spiro atoms. The number of hydrogen-bond acceptors (Lipinski definition) is 5. The molecule has 0 atom stereocenters. The fourth-order valence-corrected chi connectivity index (χ4v) is 5.07. The molecule has 5 nitrogen and oxygen atoms in total. The molecule has 1 aromatic carbocycles. The summed E-state index contributed by atoms with van der Waals surface area (Å²) in [7, 11) is 1.87. The van der Waals surface area contributed by atoms with Crippen LogP contribution in [-0.2, 0) is 13.3 Å². The molecule has 0 aliphatic heterocycles. The van der Waals surface area contributed by atoms with Gasteiger partial charge in [-0.1, -0.05) is 24.3 Å². The smallest absolute Gasteiger partial charge is 0.334 e. The highest BCUT2D eigenvalue weighted by molar-refractivity contribution is 6.71. The van der Waals surface area contributed by atoms with Crippen LogP contribution in [0.3, 0.4) is 0 Å². The third kappa shape index (κ3) is 10.1. The molecule has 0 unspecified atom stereocenters. The van der Waals surface area contributed by atoms with Crippen LogP contribution in [0, 0.1) is 0 Å². The van der Waals surface area contributed by atoms with Gasteiger partial charge in [-0.15, -0.1) is 0 Å². The van der Waals surface area contributed by atoms with Crippen LogP contribution in [0.2, 0.25) is 31.7 Å². The highest BCUT2D eigenvalue weighted by Gasteiger charge is 2.27. The monoisotopic (exact) mass is 408 g/mol. The average molecular weight is 409 g/mol. The highest BCUT2D eigenvalue weighted by atomic mass is 28.4. The molecule has 0 bridgehead atoms. The van der Waals surface area contributed by atoms with Gasteiger partial charge < -0.3 is 13.3 Å². The summed E-state index contributed by atoms with van der Waals surface area (Å²) < 4.78 is 16.5. The van der Waals surface area contributed by atoms with Crippen molar-refractivity contribution in [3.05, 3.63) is 35.4 Å². The minimum absolute atomic E-state index is 0.791. The first-order valence-corrected chi connectivity index (χ1v) is 15.2. The summed E-state index contributed by atoms with van der Waals surface area (Å²) in [6.45, 7) is 8.21. The molecule has 0 aliphatic carbocycles. The van der Waals surface area contributed by atoms with Crippen molar-refractivity contribution in [3.63, 3.8) is 0 Å². The quantitative estimate of drug-likeness (QED) is 0.274. The van der Waals surface area contributed by atoms with Crippen molar-refractivity contribution in [1.82, 2.24) is 0 Å². The maximum Gasteiger partial charge on any atom is 0.334 e. The first kappa shape index (κ1) is 23.9. The Labute approximate surface area is 167 Å². The molecule has 0 aliphatic rings. The summed E-state index contributed by atoms with van der Waals surface area (Å²) in [5.41, 5.74) is 2.23. The maximum absolute atomic E-state index is 5.56. The second-order valence-electron chi connectivity index (χ2n) is 7.45. The average Bonchev–Trinajstić information content (AvgIpc) is 2.68. The number of aliphatic imine (C=N–C) groups is 2. The summed E-state index contributed by atoms with van der Waals surface area (Å²) in [5, 5.41) is 0. The lowest BCUT2D eigenvalue weighted by Gasteiger charge is -2.21. The van der Waals surface area contributed by atoms with Gasteiger partial charge in [-0.3, -0.25) is 9.98 Å². The first-order chi connectivity index (χ1) is 12.8. The van der Waals surface area contributed by atoms with E-state index < -0.39 is 16.9 Å². The molecule has 0 radical (unpaired) electrons. The molecule has 0 saturated heterocycles. The summed E-state index contributed by atoms with van der Waals surface area (Å²) in [6, 6.07) is 10.4. The zero-order chi connectivity index (χ0) is 20.2. The van der Waals surface area contributed by atoms with Gasteiger partial charge in [0.05, 0.1) is 0 Å². The molecule has 0 fully saturated rings. The summed E-state index contributed by atoms with van der Waals surface area (Å²) in [4.78, 5) is 9.03. The number of rotatable bonds is 13. The molecule has 152 valence electrons. The van der Waals surface area contributed by atoms with Crippen LogP contribution in [-0.4, -0.2) is 63.7 Å². The number of nitrogens with zero attached hydrogens (tertiary/aromatic N) is 2. The van der Waals surface area contributed by atoms with Crippen LogP contribution in [0.1, 0.15) is 24.0 Å². The first-order valence-electron chi connectivity index (χ1n) is 9.59. The molecule has 1 aromatic rings. The Balaban J connectivity index is 2.34. The standard InChI is InChI=1S/C20H36N2O3Si2/c1-23-26(4,5)15-7-13-21-17-19-9-11-20(12-10-19)18-22-14-8-16-27(6,24-2)25-3/h9-12,17-18H,7-8,13-16H2,1-6H3/b21-17+,22-18+. The topological polar surface area (TPSA) is 52.4 Å². The van der Waals surface area contributed by atoms with Crippen LogP contribution >= 0.6 is 0 Å². The van der Waals surface area contributed by atoms with Crippen LogP contribution < -0.4 is 0 Å². The van der Waals surface area contributed by atoms with Crippen molar-refractivity contribution in [2.75, 3.05) is 34.4 Å². The fraction of sp³-hybridized carbons (Fsp3) is 0.600. The van der Waals surface area contributed by atoms with Gasteiger partial charge >= 0.3 is 8.56 Å². The van der Waals surface area contributed by atoms with Crippen molar-refractivity contribution >= 4 is 29.3 Å². The zero-order valence-corrected chi connectivity index (χ0v) is 19.8. The Morgan fingerprint density at radius 2 is 1.19 bits per heavy atom. The lowest BCUT2D eigenvalue weighted by Crippen LogP contribution is -2.35. The molecule has 0 heterocycles. The normalized spacial score (nSPS) is 13.1. The second kappa shape index (κ2) is 12.4. The minimum atomic E-state index is -1.96. The summed E-state index contributed by atoms with van der Waals surface area (Å²) in [5.74, 6) is 0. The molecular formula is C20H36N2O3Si2. The SMILES string of the molecule is CO[Si](C)(C)CCC/N=C/c1ccc(/C=N/CCC[Si](C)(OC)OC)cc1. The van der Waals surface area contributed by atoms with Gasteiger partial charge in [0.15, 0.2) is 8.32 Å². The van der Waals surface area contributed by atoms with E-state index in [2.05, 4.69) is 53.9 Å². The predicted octanol–water partition coefficient (Wildman–Crippen LogP) is 4.52.